The van der Waals surface area contributed by atoms with E-state index in [1.807, 2.05) is 48.5 Å². The molecule has 3 aliphatic rings. The third-order valence-corrected chi connectivity index (χ3v) is 5.39. The van der Waals surface area contributed by atoms with Gasteiger partial charge >= 0.3 is 0 Å². The van der Waals surface area contributed by atoms with Crippen molar-refractivity contribution < 1.29 is 14.6 Å². The van der Waals surface area contributed by atoms with Crippen LogP contribution >= 0.6 is 0 Å². The highest BCUT2D eigenvalue weighted by Crippen LogP contribution is 2.36. The van der Waals surface area contributed by atoms with E-state index < -0.39 is 0 Å². The smallest absolute Gasteiger partial charge is 0.161 e. The van der Waals surface area contributed by atoms with Gasteiger partial charge in [-0.3, -0.25) is 0 Å². The van der Waals surface area contributed by atoms with Gasteiger partial charge in [-0.15, -0.1) is 0 Å². The minimum atomic E-state index is -0.350. The van der Waals surface area contributed by atoms with E-state index in [0.29, 0.717) is 18.3 Å². The van der Waals surface area contributed by atoms with Crippen LogP contribution in [0.5, 0.6) is 11.5 Å². The van der Waals surface area contributed by atoms with Gasteiger partial charge in [0.1, 0.15) is 6.61 Å². The van der Waals surface area contributed by atoms with Crippen LogP contribution in [0.2, 0.25) is 0 Å². The van der Waals surface area contributed by atoms with Crippen molar-refractivity contribution in [2.75, 3.05) is 20.2 Å². The van der Waals surface area contributed by atoms with Gasteiger partial charge < -0.3 is 19.5 Å². The molecular formula is C22H25NO3. The van der Waals surface area contributed by atoms with Gasteiger partial charge in [-0.2, -0.15) is 0 Å². The maximum atomic E-state index is 10.5. The van der Waals surface area contributed by atoms with Crippen LogP contribution in [0.4, 0.5) is 0 Å². The third kappa shape index (κ3) is 3.42. The van der Waals surface area contributed by atoms with Crippen molar-refractivity contribution in [2.45, 2.75) is 25.6 Å². The van der Waals surface area contributed by atoms with Crippen molar-refractivity contribution >= 4 is 6.08 Å². The largest absolute Gasteiger partial charge is 0.493 e. The predicted molar refractivity (Wildman–Crippen MR) is 102 cm³/mol. The second-order valence-corrected chi connectivity index (χ2v) is 7.02. The Morgan fingerprint density at radius 1 is 1.08 bits per heavy atom. The van der Waals surface area contributed by atoms with Crippen LogP contribution in [0.1, 0.15) is 24.0 Å². The average molecular weight is 351 g/mol. The maximum absolute atomic E-state index is 10.5. The Morgan fingerprint density at radius 2 is 1.85 bits per heavy atom. The Bertz CT molecular complexity index is 775. The fourth-order valence-electron chi connectivity index (χ4n) is 3.88. The Morgan fingerprint density at radius 3 is 2.54 bits per heavy atom. The molecule has 0 aromatic heterocycles. The minimum Gasteiger partial charge on any atom is -0.493 e. The molecule has 4 heteroatoms. The molecule has 3 heterocycles. The first kappa shape index (κ1) is 17.0. The zero-order valence-electron chi connectivity index (χ0n) is 15.1. The lowest BCUT2D eigenvalue weighted by Gasteiger charge is -2.45. The van der Waals surface area contributed by atoms with Crippen LogP contribution in [-0.2, 0) is 6.61 Å². The average Bonchev–Trinajstić information content (AvgIpc) is 2.70. The third-order valence-electron chi connectivity index (χ3n) is 5.39. The molecule has 2 aromatic carbocycles. The number of fused-ring (bicyclic) bond motifs is 3. The highest BCUT2D eigenvalue weighted by molar-refractivity contribution is 5.59. The minimum absolute atomic E-state index is 0.350. The van der Waals surface area contributed by atoms with Crippen LogP contribution < -0.4 is 9.47 Å². The number of benzene rings is 2. The highest BCUT2D eigenvalue weighted by atomic mass is 16.5. The van der Waals surface area contributed by atoms with Crippen LogP contribution in [0, 0.1) is 5.92 Å². The van der Waals surface area contributed by atoms with Gasteiger partial charge in [-0.25, -0.2) is 0 Å². The van der Waals surface area contributed by atoms with Crippen molar-refractivity contribution in [2.24, 2.45) is 5.92 Å². The van der Waals surface area contributed by atoms with E-state index in [4.69, 9.17) is 9.47 Å². The molecular weight excluding hydrogens is 326 g/mol. The van der Waals surface area contributed by atoms with Gasteiger partial charge in [0.2, 0.25) is 0 Å². The molecule has 3 aliphatic heterocycles. The fraction of sp³-hybridized carbons (Fsp3) is 0.364. The molecule has 1 N–H and O–H groups in total. The fourth-order valence-corrected chi connectivity index (χ4v) is 3.88. The molecule has 0 unspecified atom stereocenters. The van der Waals surface area contributed by atoms with Gasteiger partial charge in [0.15, 0.2) is 11.5 Å². The normalized spacial score (nSPS) is 23.3. The highest BCUT2D eigenvalue weighted by Gasteiger charge is 2.36. The molecule has 0 amide bonds. The van der Waals surface area contributed by atoms with Crippen LogP contribution in [-0.4, -0.2) is 36.3 Å². The lowest BCUT2D eigenvalue weighted by molar-refractivity contribution is 0.0215. The number of aliphatic hydroxyl groups excluding tert-OH is 1. The quantitative estimate of drug-likeness (QED) is 0.892. The second-order valence-electron chi connectivity index (χ2n) is 7.02. The van der Waals surface area contributed by atoms with Gasteiger partial charge in [-0.1, -0.05) is 36.4 Å². The van der Waals surface area contributed by atoms with Crippen LogP contribution in [0.3, 0.4) is 0 Å². The number of methoxy groups -OCH3 is 1. The van der Waals surface area contributed by atoms with Gasteiger partial charge in [0.05, 0.1) is 13.2 Å². The van der Waals surface area contributed by atoms with E-state index >= 15 is 0 Å². The summed E-state index contributed by atoms with van der Waals surface area (Å²) in [6.45, 7) is 2.59. The van der Waals surface area contributed by atoms with E-state index in [1.165, 1.54) is 0 Å². The van der Waals surface area contributed by atoms with Crippen molar-refractivity contribution in [3.8, 4) is 11.5 Å². The monoisotopic (exact) mass is 351 g/mol. The van der Waals surface area contributed by atoms with Crippen LogP contribution in [0.25, 0.3) is 6.08 Å². The molecule has 0 radical (unpaired) electrons. The summed E-state index contributed by atoms with van der Waals surface area (Å²) in [6, 6.07) is 16.0. The van der Waals surface area contributed by atoms with E-state index in [9.17, 15) is 5.11 Å². The number of rotatable bonds is 5. The lowest BCUT2D eigenvalue weighted by Crippen LogP contribution is -2.48. The molecule has 3 fully saturated rings. The molecule has 0 saturated carbocycles. The Kier molecular flexibility index (Phi) is 4.85. The lowest BCUT2D eigenvalue weighted by atomic mass is 9.83. The number of piperidine rings is 3. The molecule has 0 spiro atoms. The SMILES string of the molecule is COc1cc(/C=C2/[C@@H](O)C3CCN2CC3)ccc1OCc1ccccc1. The summed E-state index contributed by atoms with van der Waals surface area (Å²) < 4.78 is 11.4. The van der Waals surface area contributed by atoms with Crippen molar-refractivity contribution in [3.05, 3.63) is 65.4 Å². The summed E-state index contributed by atoms with van der Waals surface area (Å²) in [5.74, 6) is 1.84. The number of hydrogen-bond acceptors (Lipinski definition) is 4. The first-order valence-corrected chi connectivity index (χ1v) is 9.24. The Labute approximate surface area is 154 Å². The molecule has 2 bridgehead atoms. The predicted octanol–water partition coefficient (Wildman–Crippen LogP) is 3.70. The zero-order valence-corrected chi connectivity index (χ0v) is 15.1. The molecule has 2 aromatic rings. The van der Waals surface area contributed by atoms with Crippen molar-refractivity contribution in [1.82, 2.24) is 4.90 Å². The van der Waals surface area contributed by atoms with Gasteiger partial charge in [-0.05, 0) is 48.1 Å². The van der Waals surface area contributed by atoms with E-state index in [2.05, 4.69) is 11.0 Å². The first-order chi connectivity index (χ1) is 12.7. The van der Waals surface area contributed by atoms with Gasteiger partial charge in [0.25, 0.3) is 0 Å². The van der Waals surface area contributed by atoms with E-state index in [1.54, 1.807) is 7.11 Å². The summed E-state index contributed by atoms with van der Waals surface area (Å²) in [5.41, 5.74) is 3.18. The topological polar surface area (TPSA) is 41.9 Å². The number of hydrogen-bond donors (Lipinski definition) is 1. The molecule has 5 rings (SSSR count). The van der Waals surface area contributed by atoms with E-state index in [0.717, 1.165) is 48.5 Å². The van der Waals surface area contributed by atoms with Crippen molar-refractivity contribution in [1.29, 1.82) is 0 Å². The molecule has 4 nitrogen and oxygen atoms in total. The summed E-state index contributed by atoms with van der Waals surface area (Å²) in [4.78, 5) is 2.30. The number of aliphatic hydroxyl groups is 1. The molecule has 1 atom stereocenters. The number of ether oxygens (including phenoxy) is 2. The molecule has 26 heavy (non-hydrogen) atoms. The van der Waals surface area contributed by atoms with Crippen LogP contribution in [0.15, 0.2) is 54.2 Å². The molecule has 136 valence electrons. The maximum Gasteiger partial charge on any atom is 0.161 e. The summed E-state index contributed by atoms with van der Waals surface area (Å²) in [5, 5.41) is 10.5. The summed E-state index contributed by atoms with van der Waals surface area (Å²) >= 11 is 0. The van der Waals surface area contributed by atoms with Gasteiger partial charge in [0, 0.05) is 18.8 Å². The zero-order chi connectivity index (χ0) is 17.9. The number of nitrogens with zero attached hydrogens (tertiary/aromatic N) is 1. The summed E-state index contributed by atoms with van der Waals surface area (Å²) in [6.07, 6.45) is 3.92. The molecule has 3 saturated heterocycles. The van der Waals surface area contributed by atoms with Crippen molar-refractivity contribution in [3.63, 3.8) is 0 Å². The van der Waals surface area contributed by atoms with E-state index in [-0.39, 0.29) is 6.10 Å². The first-order valence-electron chi connectivity index (χ1n) is 9.24. The molecule has 0 aliphatic carbocycles. The Hall–Kier alpha value is -2.46. The second kappa shape index (κ2) is 7.42. The Balaban J connectivity index is 1.53. The summed E-state index contributed by atoms with van der Waals surface area (Å²) in [7, 11) is 1.66. The standard InChI is InChI=1S/C22H25NO3/c1-25-21-14-17(13-19-22(24)18-9-11-23(19)12-10-18)7-8-20(21)26-15-16-5-3-2-4-6-16/h2-8,13-14,18,22,24H,9-12,15H2,1H3/b19-13-/t22-/m0/s1.